The zero-order valence-corrected chi connectivity index (χ0v) is 16.8. The molecule has 1 aromatic heterocycles. The van der Waals surface area contributed by atoms with Crippen molar-refractivity contribution in [3.05, 3.63) is 52.3 Å². The first-order chi connectivity index (χ1) is 13.6. The van der Waals surface area contributed by atoms with Crippen molar-refractivity contribution >= 4 is 23.4 Å². The summed E-state index contributed by atoms with van der Waals surface area (Å²) in [5, 5.41) is 2.48. The van der Waals surface area contributed by atoms with Gasteiger partial charge in [-0.1, -0.05) is 11.6 Å². The molecule has 1 aromatic carbocycles. The third kappa shape index (κ3) is 4.58. The molecule has 2 amide bonds. The highest BCUT2D eigenvalue weighted by Crippen LogP contribution is 2.26. The Balaban J connectivity index is 1.83. The fourth-order valence-electron chi connectivity index (χ4n) is 3.71. The number of halogens is 4. The Labute approximate surface area is 171 Å². The summed E-state index contributed by atoms with van der Waals surface area (Å²) in [4.78, 5) is 26.7. The maximum Gasteiger partial charge on any atom is 0.405 e. The fraction of sp³-hybridized carbons (Fsp3) is 0.400. The molecule has 156 valence electrons. The van der Waals surface area contributed by atoms with Gasteiger partial charge in [-0.3, -0.25) is 9.59 Å². The van der Waals surface area contributed by atoms with Crippen molar-refractivity contribution in [3.63, 3.8) is 0 Å². The molecule has 0 spiro atoms. The normalized spacial score (nSPS) is 16.9. The molecule has 2 aromatic rings. The van der Waals surface area contributed by atoms with E-state index < -0.39 is 24.7 Å². The fourth-order valence-corrected chi connectivity index (χ4v) is 3.84. The highest BCUT2D eigenvalue weighted by atomic mass is 35.5. The number of likely N-dealkylation sites (tertiary alicyclic amines) is 1. The lowest BCUT2D eigenvalue weighted by Crippen LogP contribution is -2.48. The van der Waals surface area contributed by atoms with Gasteiger partial charge in [-0.05, 0) is 57.0 Å². The summed E-state index contributed by atoms with van der Waals surface area (Å²) in [5.41, 5.74) is 2.78. The average molecular weight is 428 g/mol. The molecule has 9 heteroatoms. The Hall–Kier alpha value is -2.48. The first kappa shape index (κ1) is 21.2. The van der Waals surface area contributed by atoms with E-state index in [0.29, 0.717) is 35.7 Å². The van der Waals surface area contributed by atoms with Crippen molar-refractivity contribution in [1.82, 2.24) is 14.8 Å². The first-order valence-electron chi connectivity index (χ1n) is 9.19. The number of aromatic nitrogens is 1. The van der Waals surface area contributed by atoms with Crippen LogP contribution >= 0.6 is 11.6 Å². The van der Waals surface area contributed by atoms with Crippen LogP contribution in [0.1, 0.15) is 34.6 Å². The van der Waals surface area contributed by atoms with Gasteiger partial charge in [0.05, 0.1) is 5.56 Å². The van der Waals surface area contributed by atoms with E-state index in [-0.39, 0.29) is 5.91 Å². The van der Waals surface area contributed by atoms with Gasteiger partial charge >= 0.3 is 6.18 Å². The van der Waals surface area contributed by atoms with Crippen LogP contribution in [0.2, 0.25) is 5.02 Å². The average Bonchev–Trinajstić information content (AvgIpc) is 3.24. The third-order valence-electron chi connectivity index (χ3n) is 5.03. The molecule has 1 unspecified atom stereocenters. The Morgan fingerprint density at radius 2 is 1.86 bits per heavy atom. The minimum atomic E-state index is -4.49. The van der Waals surface area contributed by atoms with Gasteiger partial charge in [0.1, 0.15) is 12.6 Å². The number of hydrogen-bond acceptors (Lipinski definition) is 2. The van der Waals surface area contributed by atoms with Gasteiger partial charge in [0.15, 0.2) is 0 Å². The number of hydrogen-bond donors (Lipinski definition) is 1. The zero-order valence-electron chi connectivity index (χ0n) is 16.0. The molecule has 3 rings (SSSR count). The Bertz CT molecular complexity index is 922. The molecule has 1 N–H and O–H groups in total. The molecule has 5 nitrogen and oxygen atoms in total. The monoisotopic (exact) mass is 427 g/mol. The van der Waals surface area contributed by atoms with Crippen LogP contribution in [-0.4, -0.2) is 46.6 Å². The molecule has 2 heterocycles. The van der Waals surface area contributed by atoms with Gasteiger partial charge in [0.2, 0.25) is 5.91 Å². The van der Waals surface area contributed by atoms with E-state index in [1.54, 1.807) is 25.1 Å². The topological polar surface area (TPSA) is 54.3 Å². The second-order valence-electron chi connectivity index (χ2n) is 7.09. The minimum Gasteiger partial charge on any atom is -0.345 e. The first-order valence-corrected chi connectivity index (χ1v) is 9.56. The standard InChI is InChI=1S/C20H21ClF3N3O2/c1-12-10-16(13(2)27(12)15-7-5-14(21)6-8-15)19(29)26-9-3-4-17(26)18(28)25-11-20(22,23)24/h5-8,10,17H,3-4,9,11H2,1-2H3,(H,25,28). The smallest absolute Gasteiger partial charge is 0.345 e. The lowest BCUT2D eigenvalue weighted by Gasteiger charge is -2.24. The van der Waals surface area contributed by atoms with Gasteiger partial charge in [0.25, 0.3) is 5.91 Å². The van der Waals surface area contributed by atoms with Gasteiger partial charge in [-0.2, -0.15) is 13.2 Å². The maximum absolute atomic E-state index is 13.1. The van der Waals surface area contributed by atoms with Crippen molar-refractivity contribution in [2.24, 2.45) is 0 Å². The largest absolute Gasteiger partial charge is 0.405 e. The Morgan fingerprint density at radius 3 is 2.48 bits per heavy atom. The van der Waals surface area contributed by atoms with Crippen LogP contribution in [0.3, 0.4) is 0 Å². The summed E-state index contributed by atoms with van der Waals surface area (Å²) in [6.45, 7) is 2.57. The molecule has 1 atom stereocenters. The molecule has 1 fully saturated rings. The number of rotatable bonds is 4. The highest BCUT2D eigenvalue weighted by Gasteiger charge is 2.37. The molecular weight excluding hydrogens is 407 g/mol. The molecular formula is C20H21ClF3N3O2. The molecule has 1 aliphatic rings. The SMILES string of the molecule is Cc1cc(C(=O)N2CCCC2C(=O)NCC(F)(F)F)c(C)n1-c1ccc(Cl)cc1. The van der Waals surface area contributed by atoms with E-state index in [0.717, 1.165) is 11.4 Å². The van der Waals surface area contributed by atoms with Crippen LogP contribution in [0.5, 0.6) is 0 Å². The summed E-state index contributed by atoms with van der Waals surface area (Å²) in [6, 6.07) is 8.00. The number of benzene rings is 1. The van der Waals surface area contributed by atoms with Crippen LogP contribution < -0.4 is 5.32 Å². The third-order valence-corrected chi connectivity index (χ3v) is 5.28. The van der Waals surface area contributed by atoms with E-state index in [9.17, 15) is 22.8 Å². The van der Waals surface area contributed by atoms with E-state index >= 15 is 0 Å². The quantitative estimate of drug-likeness (QED) is 0.801. The second-order valence-corrected chi connectivity index (χ2v) is 7.52. The summed E-state index contributed by atoms with van der Waals surface area (Å²) < 4.78 is 39.1. The molecule has 29 heavy (non-hydrogen) atoms. The van der Waals surface area contributed by atoms with Crippen LogP contribution in [0.4, 0.5) is 13.2 Å². The summed E-state index contributed by atoms with van der Waals surface area (Å²) >= 11 is 5.94. The number of amides is 2. The number of nitrogens with one attached hydrogen (secondary N) is 1. The van der Waals surface area contributed by atoms with E-state index in [1.165, 1.54) is 4.90 Å². The number of aryl methyl sites for hydroxylation is 1. The van der Waals surface area contributed by atoms with Crippen molar-refractivity contribution in [2.75, 3.05) is 13.1 Å². The summed E-state index contributed by atoms with van der Waals surface area (Å²) in [6.07, 6.45) is -3.59. The number of nitrogens with zero attached hydrogens (tertiary/aromatic N) is 2. The predicted octanol–water partition coefficient (Wildman–Crippen LogP) is 4.03. The Morgan fingerprint density at radius 1 is 1.21 bits per heavy atom. The van der Waals surface area contributed by atoms with E-state index in [1.807, 2.05) is 28.9 Å². The predicted molar refractivity (Wildman–Crippen MR) is 103 cm³/mol. The second kappa shape index (κ2) is 8.10. The number of alkyl halides is 3. The van der Waals surface area contributed by atoms with E-state index in [4.69, 9.17) is 11.6 Å². The van der Waals surface area contributed by atoms with Crippen LogP contribution in [-0.2, 0) is 4.79 Å². The van der Waals surface area contributed by atoms with Crippen molar-refractivity contribution in [2.45, 2.75) is 38.9 Å². The summed E-state index contributed by atoms with van der Waals surface area (Å²) in [7, 11) is 0. The minimum absolute atomic E-state index is 0.327. The van der Waals surface area contributed by atoms with Gasteiger partial charge < -0.3 is 14.8 Å². The molecule has 0 saturated carbocycles. The van der Waals surface area contributed by atoms with Gasteiger partial charge in [0, 0.05) is 28.6 Å². The molecule has 0 bridgehead atoms. The van der Waals surface area contributed by atoms with Crippen molar-refractivity contribution < 1.29 is 22.8 Å². The summed E-state index contributed by atoms with van der Waals surface area (Å²) in [5.74, 6) is -1.14. The molecule has 0 radical (unpaired) electrons. The highest BCUT2D eigenvalue weighted by molar-refractivity contribution is 6.30. The van der Waals surface area contributed by atoms with Gasteiger partial charge in [-0.15, -0.1) is 0 Å². The number of carbonyl (C=O) groups excluding carboxylic acids is 2. The van der Waals surface area contributed by atoms with E-state index in [2.05, 4.69) is 0 Å². The van der Waals surface area contributed by atoms with Crippen molar-refractivity contribution in [1.29, 1.82) is 0 Å². The van der Waals surface area contributed by atoms with Gasteiger partial charge in [-0.25, -0.2) is 0 Å². The Kier molecular flexibility index (Phi) is 5.93. The number of carbonyl (C=O) groups is 2. The molecule has 1 saturated heterocycles. The van der Waals surface area contributed by atoms with Crippen LogP contribution in [0.25, 0.3) is 5.69 Å². The maximum atomic E-state index is 13.1. The molecule has 1 aliphatic heterocycles. The zero-order chi connectivity index (χ0) is 21.3. The van der Waals surface area contributed by atoms with Crippen molar-refractivity contribution in [3.8, 4) is 5.69 Å². The van der Waals surface area contributed by atoms with Crippen LogP contribution in [0, 0.1) is 13.8 Å². The lowest BCUT2D eigenvalue weighted by atomic mass is 10.1. The van der Waals surface area contributed by atoms with Crippen LogP contribution in [0.15, 0.2) is 30.3 Å². The lowest BCUT2D eigenvalue weighted by molar-refractivity contribution is -0.140. The molecule has 0 aliphatic carbocycles.